The summed E-state index contributed by atoms with van der Waals surface area (Å²) in [4.78, 5) is 23.0. The van der Waals surface area contributed by atoms with Crippen molar-refractivity contribution in [2.75, 3.05) is 26.4 Å². The van der Waals surface area contributed by atoms with E-state index in [9.17, 15) is 10.1 Å². The van der Waals surface area contributed by atoms with Crippen molar-refractivity contribution in [3.05, 3.63) is 45.6 Å². The second kappa shape index (κ2) is 6.50. The molecule has 0 amide bonds. The third kappa shape index (κ3) is 3.06. The average Bonchev–Trinajstić information content (AvgIpc) is 2.93. The molecule has 7 nitrogen and oxygen atoms in total. The maximum absolute atomic E-state index is 10.9. The molecule has 0 aliphatic heterocycles. The van der Waals surface area contributed by atoms with E-state index in [0.717, 1.165) is 39.2 Å². The molecule has 0 aliphatic rings. The summed E-state index contributed by atoms with van der Waals surface area (Å²) in [6.45, 7) is 0.889. The molecule has 0 unspecified atom stereocenters. The number of non-ortho nitro benzene ring substituents is 1. The van der Waals surface area contributed by atoms with E-state index < -0.39 is 4.92 Å². The maximum atomic E-state index is 10.9. The Morgan fingerprint density at radius 3 is 2.58 bits per heavy atom. The smallest absolute Gasteiger partial charge is 0.269 e. The number of aromatic nitrogens is 2. The predicted molar refractivity (Wildman–Crippen MR) is 96.2 cm³/mol. The lowest BCUT2D eigenvalue weighted by atomic mass is 10.0. The highest BCUT2D eigenvalue weighted by molar-refractivity contribution is 7.19. The van der Waals surface area contributed by atoms with Crippen LogP contribution in [0.4, 0.5) is 11.5 Å². The molecular formula is C16H17N5O2S. The van der Waals surface area contributed by atoms with Crippen LogP contribution in [0.25, 0.3) is 21.3 Å². The van der Waals surface area contributed by atoms with Gasteiger partial charge in [-0.3, -0.25) is 10.1 Å². The number of thiophene rings is 1. The minimum Gasteiger partial charge on any atom is -0.383 e. The van der Waals surface area contributed by atoms with E-state index in [2.05, 4.69) is 14.9 Å². The van der Waals surface area contributed by atoms with Gasteiger partial charge < -0.3 is 10.6 Å². The summed E-state index contributed by atoms with van der Waals surface area (Å²) in [6.07, 6.45) is 2.31. The summed E-state index contributed by atoms with van der Waals surface area (Å²) in [5.74, 6) is 0.431. The number of fused-ring (bicyclic) bond motifs is 1. The molecule has 0 fully saturated rings. The Labute approximate surface area is 142 Å². The number of nitrogens with two attached hydrogens (primary N) is 1. The SMILES string of the molecule is CN(C)CCc1sc2ncnc(N)c2c1-c1ccc([N+](=O)[O-])cc1. The fraction of sp³-hybridized carbons (Fsp3) is 0.250. The number of hydrogen-bond donors (Lipinski definition) is 1. The van der Waals surface area contributed by atoms with Gasteiger partial charge in [0.1, 0.15) is 17.0 Å². The molecule has 0 saturated heterocycles. The molecule has 0 spiro atoms. The fourth-order valence-corrected chi connectivity index (χ4v) is 3.72. The molecule has 0 aliphatic carbocycles. The second-order valence-electron chi connectivity index (χ2n) is 5.70. The van der Waals surface area contributed by atoms with Crippen LogP contribution in [-0.4, -0.2) is 40.4 Å². The van der Waals surface area contributed by atoms with Crippen molar-refractivity contribution >= 4 is 33.1 Å². The van der Waals surface area contributed by atoms with E-state index in [1.165, 1.54) is 18.5 Å². The zero-order valence-electron chi connectivity index (χ0n) is 13.4. The zero-order valence-corrected chi connectivity index (χ0v) is 14.2. The minimum absolute atomic E-state index is 0.0670. The van der Waals surface area contributed by atoms with Crippen molar-refractivity contribution in [1.29, 1.82) is 0 Å². The van der Waals surface area contributed by atoms with Gasteiger partial charge in [-0.25, -0.2) is 9.97 Å². The molecular weight excluding hydrogens is 326 g/mol. The average molecular weight is 343 g/mol. The normalized spacial score (nSPS) is 11.3. The van der Waals surface area contributed by atoms with E-state index in [0.29, 0.717) is 5.82 Å². The summed E-state index contributed by atoms with van der Waals surface area (Å²) in [5, 5.41) is 11.7. The first-order valence-electron chi connectivity index (χ1n) is 7.38. The van der Waals surface area contributed by atoms with Crippen LogP contribution in [0.3, 0.4) is 0 Å². The second-order valence-corrected chi connectivity index (χ2v) is 6.78. The summed E-state index contributed by atoms with van der Waals surface area (Å²) in [7, 11) is 4.04. The summed E-state index contributed by atoms with van der Waals surface area (Å²) in [6, 6.07) is 6.53. The van der Waals surface area contributed by atoms with Gasteiger partial charge in [-0.15, -0.1) is 11.3 Å². The third-order valence-electron chi connectivity index (χ3n) is 3.74. The van der Waals surface area contributed by atoms with Crippen LogP contribution < -0.4 is 5.73 Å². The van der Waals surface area contributed by atoms with Crippen molar-refractivity contribution in [3.8, 4) is 11.1 Å². The van der Waals surface area contributed by atoms with E-state index in [1.807, 2.05) is 14.1 Å². The number of nitrogens with zero attached hydrogens (tertiary/aromatic N) is 4. The van der Waals surface area contributed by atoms with Crippen LogP contribution >= 0.6 is 11.3 Å². The topological polar surface area (TPSA) is 98.2 Å². The number of rotatable bonds is 5. The van der Waals surface area contributed by atoms with Crippen molar-refractivity contribution in [1.82, 2.24) is 14.9 Å². The van der Waals surface area contributed by atoms with Gasteiger partial charge in [0.25, 0.3) is 5.69 Å². The molecule has 3 rings (SSSR count). The third-order valence-corrected chi connectivity index (χ3v) is 4.90. The molecule has 3 aromatic rings. The van der Waals surface area contributed by atoms with Crippen LogP contribution in [0.15, 0.2) is 30.6 Å². The van der Waals surface area contributed by atoms with E-state index >= 15 is 0 Å². The Balaban J connectivity index is 2.16. The van der Waals surface area contributed by atoms with Crippen molar-refractivity contribution in [3.63, 3.8) is 0 Å². The molecule has 0 atom stereocenters. The molecule has 0 saturated carbocycles. The fourth-order valence-electron chi connectivity index (χ4n) is 2.56. The Hall–Kier alpha value is -2.58. The van der Waals surface area contributed by atoms with Crippen molar-refractivity contribution in [2.45, 2.75) is 6.42 Å². The van der Waals surface area contributed by atoms with Gasteiger partial charge >= 0.3 is 0 Å². The number of nitro benzene ring substituents is 1. The van der Waals surface area contributed by atoms with Crippen LogP contribution in [-0.2, 0) is 6.42 Å². The monoisotopic (exact) mass is 343 g/mol. The molecule has 8 heteroatoms. The quantitative estimate of drug-likeness (QED) is 0.565. The van der Waals surface area contributed by atoms with E-state index in [4.69, 9.17) is 5.73 Å². The number of anilines is 1. The lowest BCUT2D eigenvalue weighted by Crippen LogP contribution is -2.14. The van der Waals surface area contributed by atoms with Gasteiger partial charge in [-0.2, -0.15) is 0 Å². The minimum atomic E-state index is -0.403. The highest BCUT2D eigenvalue weighted by atomic mass is 32.1. The van der Waals surface area contributed by atoms with Gasteiger partial charge in [-0.1, -0.05) is 0 Å². The Kier molecular flexibility index (Phi) is 4.41. The molecule has 0 radical (unpaired) electrons. The van der Waals surface area contributed by atoms with Crippen molar-refractivity contribution < 1.29 is 4.92 Å². The summed E-state index contributed by atoms with van der Waals surface area (Å²) in [5.41, 5.74) is 8.01. The highest BCUT2D eigenvalue weighted by Crippen LogP contribution is 2.40. The van der Waals surface area contributed by atoms with Gasteiger partial charge in [0.05, 0.1) is 10.3 Å². The molecule has 0 bridgehead atoms. The number of hydrogen-bond acceptors (Lipinski definition) is 7. The first-order chi connectivity index (χ1) is 11.5. The van der Waals surface area contributed by atoms with E-state index in [-0.39, 0.29) is 5.69 Å². The number of nitro groups is 1. The number of nitrogen functional groups attached to an aromatic ring is 1. The van der Waals surface area contributed by atoms with Crippen LogP contribution in [0.5, 0.6) is 0 Å². The van der Waals surface area contributed by atoms with Gasteiger partial charge in [0.2, 0.25) is 0 Å². The number of likely N-dealkylation sites (N-methyl/N-ethyl adjacent to an activating group) is 1. The maximum Gasteiger partial charge on any atom is 0.269 e. The Morgan fingerprint density at radius 1 is 1.25 bits per heavy atom. The zero-order chi connectivity index (χ0) is 17.3. The largest absolute Gasteiger partial charge is 0.383 e. The van der Waals surface area contributed by atoms with Crippen molar-refractivity contribution in [2.24, 2.45) is 0 Å². The summed E-state index contributed by atoms with van der Waals surface area (Å²) >= 11 is 1.59. The van der Waals surface area contributed by atoms with Gasteiger partial charge in [-0.05, 0) is 38.2 Å². The van der Waals surface area contributed by atoms with Crippen LogP contribution in [0.1, 0.15) is 4.88 Å². The highest BCUT2D eigenvalue weighted by Gasteiger charge is 2.18. The summed E-state index contributed by atoms with van der Waals surface area (Å²) < 4.78 is 0. The molecule has 2 heterocycles. The first-order valence-corrected chi connectivity index (χ1v) is 8.20. The standard InChI is InChI=1S/C16H17N5O2S/c1-20(2)8-7-12-13(10-3-5-11(6-4-10)21(22)23)14-15(17)18-9-19-16(14)24-12/h3-6,9H,7-8H2,1-2H3,(H2,17,18,19). The van der Waals surface area contributed by atoms with Crippen LogP contribution in [0, 0.1) is 10.1 Å². The molecule has 124 valence electrons. The van der Waals surface area contributed by atoms with Gasteiger partial charge in [0, 0.05) is 29.1 Å². The lowest BCUT2D eigenvalue weighted by Gasteiger charge is -2.10. The molecule has 2 aromatic heterocycles. The van der Waals surface area contributed by atoms with Gasteiger partial charge in [0.15, 0.2) is 0 Å². The lowest BCUT2D eigenvalue weighted by molar-refractivity contribution is -0.384. The molecule has 1 aromatic carbocycles. The Morgan fingerprint density at radius 2 is 1.96 bits per heavy atom. The van der Waals surface area contributed by atoms with Crippen LogP contribution in [0.2, 0.25) is 0 Å². The molecule has 24 heavy (non-hydrogen) atoms. The van der Waals surface area contributed by atoms with E-state index in [1.54, 1.807) is 23.5 Å². The number of benzene rings is 1. The Bertz CT molecular complexity index is 889. The first kappa shape index (κ1) is 16.3. The molecule has 2 N–H and O–H groups in total. The predicted octanol–water partition coefficient (Wildman–Crippen LogP) is 2.95.